The molecule has 66 valence electrons. The molecule has 0 amide bonds. The highest BCUT2D eigenvalue weighted by Crippen LogP contribution is 2.20. The Labute approximate surface area is 73.2 Å². The Morgan fingerprint density at radius 1 is 1.54 bits per heavy atom. The van der Waals surface area contributed by atoms with E-state index in [2.05, 4.69) is 14.4 Å². The third-order valence-electron chi connectivity index (χ3n) is 1.63. The van der Waals surface area contributed by atoms with Gasteiger partial charge in [0.2, 0.25) is 5.88 Å². The van der Waals surface area contributed by atoms with E-state index in [0.717, 1.165) is 5.56 Å². The third kappa shape index (κ3) is 1.31. The van der Waals surface area contributed by atoms with E-state index in [0.29, 0.717) is 5.69 Å². The maximum absolute atomic E-state index is 10.8. The minimum Gasteiger partial charge on any atom is -0.391 e. The molecule has 0 saturated carbocycles. The molecular formula is C8H7N3O2. The van der Waals surface area contributed by atoms with Gasteiger partial charge in [-0.15, -0.1) is 0 Å². The molecule has 0 atom stereocenters. The molecule has 2 aromatic heterocycles. The fraction of sp³-hybridized carbons (Fsp3) is 0. The molecule has 3 N–H and O–H groups in total. The smallest absolute Gasteiger partial charge is 0.391 e. The molecule has 13 heavy (non-hydrogen) atoms. The molecule has 0 aliphatic carbocycles. The first kappa shape index (κ1) is 7.60. The second kappa shape index (κ2) is 2.78. The van der Waals surface area contributed by atoms with Gasteiger partial charge in [-0.2, -0.15) is 0 Å². The second-order valence-electron chi connectivity index (χ2n) is 2.50. The largest absolute Gasteiger partial charge is 0.418 e. The molecule has 2 aromatic rings. The summed E-state index contributed by atoms with van der Waals surface area (Å²) in [7, 11) is 0. The zero-order chi connectivity index (χ0) is 9.26. The van der Waals surface area contributed by atoms with Crippen molar-refractivity contribution in [1.29, 1.82) is 0 Å². The number of nitrogens with zero attached hydrogens (tertiary/aromatic N) is 1. The topological polar surface area (TPSA) is 84.9 Å². The number of pyridine rings is 1. The van der Waals surface area contributed by atoms with Gasteiger partial charge in [-0.1, -0.05) is 0 Å². The number of H-pyrrole nitrogens is 1. The Morgan fingerprint density at radius 2 is 2.38 bits per heavy atom. The summed E-state index contributed by atoms with van der Waals surface area (Å²) in [4.78, 5) is 17.1. The van der Waals surface area contributed by atoms with Gasteiger partial charge < -0.3 is 10.2 Å². The molecule has 0 fully saturated rings. The number of aromatic nitrogens is 2. The number of anilines is 1. The third-order valence-corrected chi connectivity index (χ3v) is 1.63. The van der Waals surface area contributed by atoms with Crippen LogP contribution in [0, 0.1) is 0 Å². The first-order valence-electron chi connectivity index (χ1n) is 3.66. The quantitative estimate of drug-likeness (QED) is 0.668. The average molecular weight is 177 g/mol. The van der Waals surface area contributed by atoms with E-state index in [1.54, 1.807) is 24.5 Å². The molecule has 2 heterocycles. The van der Waals surface area contributed by atoms with E-state index >= 15 is 0 Å². The Bertz CT molecular complexity index is 458. The zero-order valence-electron chi connectivity index (χ0n) is 6.65. The van der Waals surface area contributed by atoms with E-state index in [1.807, 2.05) is 0 Å². The summed E-state index contributed by atoms with van der Waals surface area (Å²) >= 11 is 0. The van der Waals surface area contributed by atoms with Crippen LogP contribution < -0.4 is 11.5 Å². The lowest BCUT2D eigenvalue weighted by atomic mass is 10.2. The van der Waals surface area contributed by atoms with Crippen LogP contribution in [-0.2, 0) is 0 Å². The normalized spacial score (nSPS) is 10.2. The van der Waals surface area contributed by atoms with Crippen molar-refractivity contribution in [2.24, 2.45) is 0 Å². The van der Waals surface area contributed by atoms with Crippen LogP contribution in [0.5, 0.6) is 0 Å². The van der Waals surface area contributed by atoms with Gasteiger partial charge >= 0.3 is 5.76 Å². The van der Waals surface area contributed by atoms with Crippen LogP contribution in [-0.4, -0.2) is 9.97 Å². The van der Waals surface area contributed by atoms with Crippen molar-refractivity contribution in [3.63, 3.8) is 0 Å². The molecule has 5 nitrogen and oxygen atoms in total. The Morgan fingerprint density at radius 3 is 2.92 bits per heavy atom. The van der Waals surface area contributed by atoms with Crippen LogP contribution in [0.3, 0.4) is 0 Å². The number of rotatable bonds is 1. The maximum atomic E-state index is 10.8. The summed E-state index contributed by atoms with van der Waals surface area (Å²) in [5.41, 5.74) is 6.65. The summed E-state index contributed by atoms with van der Waals surface area (Å²) < 4.78 is 4.61. The van der Waals surface area contributed by atoms with Crippen molar-refractivity contribution in [3.8, 4) is 11.3 Å². The summed E-state index contributed by atoms with van der Waals surface area (Å²) in [5, 5.41) is 0. The predicted molar refractivity (Wildman–Crippen MR) is 47.0 cm³/mol. The van der Waals surface area contributed by atoms with E-state index in [1.165, 1.54) is 0 Å². The number of nitrogens with one attached hydrogen (secondary N) is 1. The average Bonchev–Trinajstić information content (AvgIpc) is 2.47. The van der Waals surface area contributed by atoms with E-state index in [9.17, 15) is 4.79 Å². The highest BCUT2D eigenvalue weighted by Gasteiger charge is 2.07. The summed E-state index contributed by atoms with van der Waals surface area (Å²) in [5.74, 6) is -0.477. The monoisotopic (exact) mass is 177 g/mol. The van der Waals surface area contributed by atoms with Crippen LogP contribution in [0.4, 0.5) is 5.88 Å². The highest BCUT2D eigenvalue weighted by molar-refractivity contribution is 5.67. The first-order valence-corrected chi connectivity index (χ1v) is 3.66. The summed E-state index contributed by atoms with van der Waals surface area (Å²) in [6.07, 6.45) is 3.23. The molecule has 5 heteroatoms. The molecule has 0 spiro atoms. The van der Waals surface area contributed by atoms with Crippen LogP contribution >= 0.6 is 0 Å². The zero-order valence-corrected chi connectivity index (χ0v) is 6.65. The van der Waals surface area contributed by atoms with Gasteiger partial charge in [0.15, 0.2) is 0 Å². The summed E-state index contributed by atoms with van der Waals surface area (Å²) in [6.45, 7) is 0. The lowest BCUT2D eigenvalue weighted by Gasteiger charge is -1.94. The van der Waals surface area contributed by atoms with Crippen molar-refractivity contribution < 1.29 is 4.42 Å². The number of hydrogen-bond acceptors (Lipinski definition) is 4. The number of nitrogens with two attached hydrogens (primary N) is 1. The minimum atomic E-state index is -0.559. The molecule has 0 bridgehead atoms. The van der Waals surface area contributed by atoms with Crippen molar-refractivity contribution in [2.45, 2.75) is 0 Å². The predicted octanol–water partition coefficient (Wildman–Crippen LogP) is 0.612. The molecule has 0 radical (unpaired) electrons. The Hall–Kier alpha value is -2.04. The molecule has 0 aliphatic heterocycles. The molecule has 2 rings (SSSR count). The standard InChI is InChI=1S/C8H7N3O2/c9-7-6(11-8(12)13-7)5-2-1-3-10-4-5/h1-4H,9H2,(H,11,12). The van der Waals surface area contributed by atoms with Gasteiger partial charge in [0.1, 0.15) is 5.69 Å². The van der Waals surface area contributed by atoms with E-state index in [-0.39, 0.29) is 5.88 Å². The number of oxazole rings is 1. The van der Waals surface area contributed by atoms with Crippen molar-refractivity contribution >= 4 is 5.88 Å². The number of aromatic amines is 1. The molecule has 0 saturated heterocycles. The van der Waals surface area contributed by atoms with E-state index < -0.39 is 5.76 Å². The molecule has 0 aromatic carbocycles. The summed E-state index contributed by atoms with van der Waals surface area (Å²) in [6, 6.07) is 3.53. The minimum absolute atomic E-state index is 0.0815. The van der Waals surface area contributed by atoms with Crippen LogP contribution in [0.1, 0.15) is 0 Å². The van der Waals surface area contributed by atoms with Crippen LogP contribution in [0.25, 0.3) is 11.3 Å². The second-order valence-corrected chi connectivity index (χ2v) is 2.50. The van der Waals surface area contributed by atoms with Gasteiger partial charge in [0.25, 0.3) is 0 Å². The number of hydrogen-bond donors (Lipinski definition) is 2. The molecular weight excluding hydrogens is 170 g/mol. The maximum Gasteiger partial charge on any atom is 0.418 e. The van der Waals surface area contributed by atoms with Crippen molar-refractivity contribution in [1.82, 2.24) is 9.97 Å². The fourth-order valence-electron chi connectivity index (χ4n) is 1.07. The van der Waals surface area contributed by atoms with E-state index in [4.69, 9.17) is 5.73 Å². The van der Waals surface area contributed by atoms with Crippen molar-refractivity contribution in [2.75, 3.05) is 5.73 Å². The van der Waals surface area contributed by atoms with Gasteiger partial charge in [-0.3, -0.25) is 9.97 Å². The fourth-order valence-corrected chi connectivity index (χ4v) is 1.07. The SMILES string of the molecule is Nc1oc(=O)[nH]c1-c1cccnc1. The highest BCUT2D eigenvalue weighted by atomic mass is 16.4. The lowest BCUT2D eigenvalue weighted by Crippen LogP contribution is -1.94. The Balaban J connectivity index is 2.59. The van der Waals surface area contributed by atoms with Gasteiger partial charge in [-0.05, 0) is 12.1 Å². The van der Waals surface area contributed by atoms with Gasteiger partial charge in [-0.25, -0.2) is 4.79 Å². The number of nitrogen functional groups attached to an aromatic ring is 1. The molecule has 0 unspecified atom stereocenters. The first-order chi connectivity index (χ1) is 6.27. The van der Waals surface area contributed by atoms with Crippen LogP contribution in [0.15, 0.2) is 33.7 Å². The van der Waals surface area contributed by atoms with Crippen molar-refractivity contribution in [3.05, 3.63) is 35.1 Å². The van der Waals surface area contributed by atoms with Gasteiger partial charge in [0, 0.05) is 18.0 Å². The van der Waals surface area contributed by atoms with Gasteiger partial charge in [0.05, 0.1) is 0 Å². The molecule has 0 aliphatic rings. The lowest BCUT2D eigenvalue weighted by molar-refractivity contribution is 0.533. The van der Waals surface area contributed by atoms with Crippen LogP contribution in [0.2, 0.25) is 0 Å². The Kier molecular flexibility index (Phi) is 1.63.